The topological polar surface area (TPSA) is 41.6 Å². The van der Waals surface area contributed by atoms with E-state index in [9.17, 15) is 4.39 Å². The van der Waals surface area contributed by atoms with Crippen LogP contribution in [0, 0.1) is 11.7 Å². The summed E-state index contributed by atoms with van der Waals surface area (Å²) >= 11 is 0. The van der Waals surface area contributed by atoms with Crippen LogP contribution >= 0.6 is 0 Å². The summed E-state index contributed by atoms with van der Waals surface area (Å²) in [4.78, 5) is 6.17. The van der Waals surface area contributed by atoms with Gasteiger partial charge in [-0.2, -0.15) is 0 Å². The van der Waals surface area contributed by atoms with Crippen molar-refractivity contribution in [1.29, 1.82) is 0 Å². The van der Waals surface area contributed by atoms with E-state index in [1.807, 2.05) is 11.0 Å². The van der Waals surface area contributed by atoms with Crippen LogP contribution in [0.25, 0.3) is 0 Å². The molecule has 0 spiro atoms. The van der Waals surface area contributed by atoms with Gasteiger partial charge < -0.3 is 10.6 Å². The molecule has 0 fully saturated rings. The first-order valence-corrected chi connectivity index (χ1v) is 6.79. The summed E-state index contributed by atoms with van der Waals surface area (Å²) in [6, 6.07) is 6.74. The summed E-state index contributed by atoms with van der Waals surface area (Å²) in [6.07, 6.45) is 2.02. The molecule has 1 aliphatic rings. The third kappa shape index (κ3) is 2.72. The molecule has 0 saturated carbocycles. The van der Waals surface area contributed by atoms with Crippen molar-refractivity contribution in [2.45, 2.75) is 39.2 Å². The van der Waals surface area contributed by atoms with Crippen LogP contribution in [0.2, 0.25) is 0 Å². The number of anilines is 1. The van der Waals surface area contributed by atoms with E-state index < -0.39 is 0 Å². The zero-order valence-corrected chi connectivity index (χ0v) is 11.9. The first-order valence-electron chi connectivity index (χ1n) is 6.79. The Morgan fingerprint density at radius 1 is 1.42 bits per heavy atom. The molecule has 1 aromatic rings. The van der Waals surface area contributed by atoms with Crippen LogP contribution < -0.4 is 10.6 Å². The van der Waals surface area contributed by atoms with Crippen molar-refractivity contribution < 1.29 is 4.39 Å². The molecule has 0 bridgehead atoms. The van der Waals surface area contributed by atoms with Crippen molar-refractivity contribution in [2.75, 3.05) is 11.4 Å². The molecule has 0 saturated heterocycles. The SMILES string of the molecule is CC(C)CCC1(C)CN=C(N)N1c1ccccc1F. The summed E-state index contributed by atoms with van der Waals surface area (Å²) in [5, 5.41) is 0. The van der Waals surface area contributed by atoms with E-state index in [2.05, 4.69) is 25.8 Å². The standard InChI is InChI=1S/C15H22FN3/c1-11(2)8-9-15(3)10-18-14(17)19(15)13-7-5-4-6-12(13)16/h4-7,11H,8-10H2,1-3H3,(H2,17,18). The minimum absolute atomic E-state index is 0.226. The third-order valence-corrected chi connectivity index (χ3v) is 3.70. The maximum absolute atomic E-state index is 14.0. The van der Waals surface area contributed by atoms with Crippen molar-refractivity contribution >= 4 is 11.6 Å². The molecular formula is C15H22FN3. The smallest absolute Gasteiger partial charge is 0.196 e. The molecule has 19 heavy (non-hydrogen) atoms. The van der Waals surface area contributed by atoms with Crippen LogP contribution in [-0.4, -0.2) is 18.0 Å². The van der Waals surface area contributed by atoms with E-state index >= 15 is 0 Å². The fourth-order valence-electron chi connectivity index (χ4n) is 2.51. The third-order valence-electron chi connectivity index (χ3n) is 3.70. The van der Waals surface area contributed by atoms with Crippen LogP contribution in [0.5, 0.6) is 0 Å². The molecule has 1 atom stereocenters. The molecule has 2 N–H and O–H groups in total. The van der Waals surface area contributed by atoms with Crippen molar-refractivity contribution in [3.63, 3.8) is 0 Å². The predicted octanol–water partition coefficient (Wildman–Crippen LogP) is 3.16. The number of nitrogens with zero attached hydrogens (tertiary/aromatic N) is 2. The van der Waals surface area contributed by atoms with Gasteiger partial charge in [-0.05, 0) is 37.8 Å². The first-order chi connectivity index (χ1) is 8.94. The monoisotopic (exact) mass is 263 g/mol. The van der Waals surface area contributed by atoms with Gasteiger partial charge in [0.2, 0.25) is 0 Å². The molecule has 0 amide bonds. The molecule has 1 heterocycles. The number of benzene rings is 1. The lowest BCUT2D eigenvalue weighted by atomic mass is 9.90. The fraction of sp³-hybridized carbons (Fsp3) is 0.533. The van der Waals surface area contributed by atoms with Gasteiger partial charge >= 0.3 is 0 Å². The fourth-order valence-corrected chi connectivity index (χ4v) is 2.51. The van der Waals surface area contributed by atoms with Crippen LogP contribution in [0.1, 0.15) is 33.6 Å². The van der Waals surface area contributed by atoms with Gasteiger partial charge in [0.1, 0.15) is 5.82 Å². The van der Waals surface area contributed by atoms with Gasteiger partial charge in [-0.25, -0.2) is 4.39 Å². The Bertz CT molecular complexity index is 484. The second-order valence-electron chi connectivity index (χ2n) is 5.89. The maximum Gasteiger partial charge on any atom is 0.196 e. The lowest BCUT2D eigenvalue weighted by molar-refractivity contribution is 0.404. The Morgan fingerprint density at radius 3 is 2.74 bits per heavy atom. The Hall–Kier alpha value is -1.58. The van der Waals surface area contributed by atoms with Gasteiger partial charge in [0, 0.05) is 0 Å². The van der Waals surface area contributed by atoms with E-state index in [0.717, 1.165) is 12.8 Å². The zero-order chi connectivity index (χ0) is 14.0. The molecule has 1 aromatic carbocycles. The van der Waals surface area contributed by atoms with Gasteiger partial charge in [-0.3, -0.25) is 4.99 Å². The van der Waals surface area contributed by atoms with Crippen molar-refractivity contribution in [2.24, 2.45) is 16.6 Å². The molecule has 0 radical (unpaired) electrons. The number of rotatable bonds is 4. The number of aliphatic imine (C=N–C) groups is 1. The first kappa shape index (κ1) is 13.8. The van der Waals surface area contributed by atoms with Gasteiger partial charge in [-0.15, -0.1) is 0 Å². The number of hydrogen-bond acceptors (Lipinski definition) is 3. The van der Waals surface area contributed by atoms with E-state index in [-0.39, 0.29) is 11.4 Å². The van der Waals surface area contributed by atoms with Crippen LogP contribution in [-0.2, 0) is 0 Å². The van der Waals surface area contributed by atoms with E-state index in [1.54, 1.807) is 12.1 Å². The van der Waals surface area contributed by atoms with Crippen molar-refractivity contribution in [3.8, 4) is 0 Å². The number of para-hydroxylation sites is 1. The minimum Gasteiger partial charge on any atom is -0.369 e. The molecule has 4 heteroatoms. The molecule has 3 nitrogen and oxygen atoms in total. The van der Waals surface area contributed by atoms with E-state index in [0.29, 0.717) is 24.1 Å². The highest BCUT2D eigenvalue weighted by molar-refractivity contribution is 5.98. The van der Waals surface area contributed by atoms with E-state index in [4.69, 9.17) is 5.73 Å². The summed E-state index contributed by atoms with van der Waals surface area (Å²) < 4.78 is 14.0. The highest BCUT2D eigenvalue weighted by atomic mass is 19.1. The molecule has 1 unspecified atom stereocenters. The Labute approximate surface area is 114 Å². The lowest BCUT2D eigenvalue weighted by Crippen LogP contribution is -2.50. The molecule has 0 aromatic heterocycles. The second-order valence-corrected chi connectivity index (χ2v) is 5.89. The highest BCUT2D eigenvalue weighted by Crippen LogP contribution is 2.34. The Balaban J connectivity index is 2.29. The number of guanidine groups is 1. The average molecular weight is 263 g/mol. The predicted molar refractivity (Wildman–Crippen MR) is 77.8 cm³/mol. The quantitative estimate of drug-likeness (QED) is 0.906. The second kappa shape index (κ2) is 5.19. The highest BCUT2D eigenvalue weighted by Gasteiger charge is 2.39. The van der Waals surface area contributed by atoms with Gasteiger partial charge in [0.25, 0.3) is 0 Å². The Kier molecular flexibility index (Phi) is 3.78. The summed E-state index contributed by atoms with van der Waals surface area (Å²) in [5.41, 5.74) is 6.27. The van der Waals surface area contributed by atoms with Crippen LogP contribution in [0.3, 0.4) is 0 Å². The normalized spacial score (nSPS) is 23.0. The zero-order valence-electron chi connectivity index (χ0n) is 11.9. The molecule has 1 aliphatic heterocycles. The molecule has 104 valence electrons. The number of hydrogen-bond donors (Lipinski definition) is 1. The molecular weight excluding hydrogens is 241 g/mol. The molecule has 2 rings (SSSR count). The van der Waals surface area contributed by atoms with Crippen LogP contribution in [0.15, 0.2) is 29.3 Å². The molecule has 0 aliphatic carbocycles. The number of nitrogens with two attached hydrogens (primary N) is 1. The Morgan fingerprint density at radius 2 is 2.11 bits per heavy atom. The van der Waals surface area contributed by atoms with Crippen molar-refractivity contribution in [3.05, 3.63) is 30.1 Å². The van der Waals surface area contributed by atoms with Gasteiger partial charge in [0.15, 0.2) is 5.96 Å². The largest absolute Gasteiger partial charge is 0.369 e. The lowest BCUT2D eigenvalue weighted by Gasteiger charge is -2.36. The van der Waals surface area contributed by atoms with Crippen molar-refractivity contribution in [1.82, 2.24) is 0 Å². The summed E-state index contributed by atoms with van der Waals surface area (Å²) in [7, 11) is 0. The minimum atomic E-state index is -0.252. The van der Waals surface area contributed by atoms with Crippen LogP contribution in [0.4, 0.5) is 10.1 Å². The number of halogens is 1. The summed E-state index contributed by atoms with van der Waals surface area (Å²) in [6.45, 7) is 7.11. The van der Waals surface area contributed by atoms with Gasteiger partial charge in [-0.1, -0.05) is 26.0 Å². The van der Waals surface area contributed by atoms with E-state index in [1.165, 1.54) is 6.07 Å². The van der Waals surface area contributed by atoms with Gasteiger partial charge in [0.05, 0.1) is 17.8 Å². The maximum atomic E-state index is 14.0. The average Bonchev–Trinajstić information content (AvgIpc) is 2.65. The summed E-state index contributed by atoms with van der Waals surface area (Å²) in [5.74, 6) is 0.774.